The first-order valence-electron chi connectivity index (χ1n) is 7.40. The van der Waals surface area contributed by atoms with E-state index in [1.54, 1.807) is 6.07 Å². The van der Waals surface area contributed by atoms with E-state index in [4.69, 9.17) is 11.6 Å². The maximum Gasteiger partial charge on any atom is 0.416 e. The monoisotopic (exact) mass is 319 g/mol. The van der Waals surface area contributed by atoms with E-state index in [2.05, 4.69) is 19.2 Å². The fraction of sp³-hybridized carbons (Fsp3) is 0.625. The van der Waals surface area contributed by atoms with E-state index in [-0.39, 0.29) is 11.1 Å². The summed E-state index contributed by atoms with van der Waals surface area (Å²) in [7, 11) is 0. The van der Waals surface area contributed by atoms with Crippen molar-refractivity contribution in [3.05, 3.63) is 28.8 Å². The highest BCUT2D eigenvalue weighted by atomic mass is 35.5. The van der Waals surface area contributed by atoms with Gasteiger partial charge in [-0.2, -0.15) is 13.2 Å². The maximum atomic E-state index is 12.8. The molecule has 0 aliphatic heterocycles. The normalized spacial score (nSPS) is 23.4. The summed E-state index contributed by atoms with van der Waals surface area (Å²) < 4.78 is 38.4. The van der Waals surface area contributed by atoms with Crippen molar-refractivity contribution >= 4 is 17.3 Å². The third-order valence-corrected chi connectivity index (χ3v) is 4.47. The smallest absolute Gasteiger partial charge is 0.382 e. The molecular formula is C16H21ClF3N. The van der Waals surface area contributed by atoms with Gasteiger partial charge in [-0.15, -0.1) is 0 Å². The van der Waals surface area contributed by atoms with Crippen LogP contribution in [0.5, 0.6) is 0 Å². The standard InChI is InChI=1S/C16H21ClF3N/c1-10(2)11-4-3-5-14(6-11)21-15-8-12(16(18,19)20)7-13(17)9-15/h7-11,14,21H,3-6H2,1-2H3. The lowest BCUT2D eigenvalue weighted by Crippen LogP contribution is -2.29. The maximum absolute atomic E-state index is 12.8. The molecule has 1 aromatic rings. The molecule has 21 heavy (non-hydrogen) atoms. The summed E-state index contributed by atoms with van der Waals surface area (Å²) in [5.74, 6) is 1.25. The van der Waals surface area contributed by atoms with E-state index < -0.39 is 11.7 Å². The van der Waals surface area contributed by atoms with Gasteiger partial charge in [0.15, 0.2) is 0 Å². The van der Waals surface area contributed by atoms with Crippen molar-refractivity contribution < 1.29 is 13.2 Å². The van der Waals surface area contributed by atoms with Crippen LogP contribution in [-0.4, -0.2) is 6.04 Å². The lowest BCUT2D eigenvalue weighted by molar-refractivity contribution is -0.137. The predicted molar refractivity (Wildman–Crippen MR) is 80.7 cm³/mol. The average Bonchev–Trinajstić information content (AvgIpc) is 2.37. The molecule has 5 heteroatoms. The van der Waals surface area contributed by atoms with Crippen LogP contribution in [0.4, 0.5) is 18.9 Å². The number of nitrogens with one attached hydrogen (secondary N) is 1. The third kappa shape index (κ3) is 4.53. The molecule has 0 aromatic heterocycles. The fourth-order valence-electron chi connectivity index (χ4n) is 3.04. The van der Waals surface area contributed by atoms with Crippen molar-refractivity contribution in [2.75, 3.05) is 5.32 Å². The van der Waals surface area contributed by atoms with Crippen molar-refractivity contribution in [1.29, 1.82) is 0 Å². The highest BCUT2D eigenvalue weighted by molar-refractivity contribution is 6.30. The first kappa shape index (κ1) is 16.5. The molecule has 0 spiro atoms. The van der Waals surface area contributed by atoms with Crippen molar-refractivity contribution in [2.24, 2.45) is 11.8 Å². The fourth-order valence-corrected chi connectivity index (χ4v) is 3.27. The molecule has 1 saturated carbocycles. The molecule has 0 bridgehead atoms. The van der Waals surface area contributed by atoms with Gasteiger partial charge in [-0.25, -0.2) is 0 Å². The highest BCUT2D eigenvalue weighted by Crippen LogP contribution is 2.35. The van der Waals surface area contributed by atoms with Gasteiger partial charge in [-0.1, -0.05) is 38.3 Å². The Balaban J connectivity index is 2.10. The van der Waals surface area contributed by atoms with E-state index >= 15 is 0 Å². The quantitative estimate of drug-likeness (QED) is 0.722. The summed E-state index contributed by atoms with van der Waals surface area (Å²) in [5.41, 5.74) is -0.238. The number of anilines is 1. The minimum atomic E-state index is -4.37. The number of benzene rings is 1. The summed E-state index contributed by atoms with van der Waals surface area (Å²) in [6.07, 6.45) is -0.0383. The van der Waals surface area contributed by atoms with Gasteiger partial charge in [0.1, 0.15) is 0 Å². The Morgan fingerprint density at radius 3 is 2.52 bits per heavy atom. The molecule has 2 atom stereocenters. The Labute approximate surface area is 128 Å². The molecular weight excluding hydrogens is 299 g/mol. The van der Waals surface area contributed by atoms with Gasteiger partial charge in [0.25, 0.3) is 0 Å². The van der Waals surface area contributed by atoms with Gasteiger partial charge >= 0.3 is 6.18 Å². The molecule has 1 N–H and O–H groups in total. The SMILES string of the molecule is CC(C)C1CCCC(Nc2cc(Cl)cc(C(F)(F)F)c2)C1. The van der Waals surface area contributed by atoms with Gasteiger partial charge in [0.2, 0.25) is 0 Å². The summed E-state index contributed by atoms with van der Waals surface area (Å²) in [4.78, 5) is 0. The largest absolute Gasteiger partial charge is 0.416 e. The first-order chi connectivity index (χ1) is 9.75. The molecule has 0 radical (unpaired) electrons. The van der Waals surface area contributed by atoms with Gasteiger partial charge in [0.05, 0.1) is 5.56 Å². The summed E-state index contributed by atoms with van der Waals surface area (Å²) in [5, 5.41) is 3.35. The van der Waals surface area contributed by atoms with Crippen molar-refractivity contribution in [2.45, 2.75) is 51.7 Å². The molecule has 0 heterocycles. The average molecular weight is 320 g/mol. The van der Waals surface area contributed by atoms with Crippen LogP contribution in [-0.2, 0) is 6.18 Å². The van der Waals surface area contributed by atoms with Gasteiger partial charge < -0.3 is 5.32 Å². The number of alkyl halides is 3. The summed E-state index contributed by atoms with van der Waals surface area (Å²) >= 11 is 5.81. The van der Waals surface area contributed by atoms with E-state index in [0.717, 1.165) is 31.4 Å². The van der Waals surface area contributed by atoms with E-state index in [1.165, 1.54) is 6.42 Å². The number of rotatable bonds is 3. The second-order valence-electron chi connectivity index (χ2n) is 6.24. The highest BCUT2D eigenvalue weighted by Gasteiger charge is 2.31. The van der Waals surface area contributed by atoms with Crippen LogP contribution < -0.4 is 5.32 Å². The molecule has 1 nitrogen and oxygen atoms in total. The Kier molecular flexibility index (Phi) is 5.07. The molecule has 1 aliphatic carbocycles. The van der Waals surface area contributed by atoms with Gasteiger partial charge in [-0.05, 0) is 42.9 Å². The Morgan fingerprint density at radius 1 is 1.19 bits per heavy atom. The van der Waals surface area contributed by atoms with E-state index in [9.17, 15) is 13.2 Å². The Morgan fingerprint density at radius 2 is 1.90 bits per heavy atom. The molecule has 118 valence electrons. The van der Waals surface area contributed by atoms with Crippen LogP contribution in [0.2, 0.25) is 5.02 Å². The zero-order valence-corrected chi connectivity index (χ0v) is 13.1. The van der Waals surface area contributed by atoms with Gasteiger partial charge in [-0.3, -0.25) is 0 Å². The van der Waals surface area contributed by atoms with E-state index in [1.807, 2.05) is 0 Å². The molecule has 0 amide bonds. The second kappa shape index (κ2) is 6.47. The van der Waals surface area contributed by atoms with Crippen LogP contribution in [0.3, 0.4) is 0 Å². The first-order valence-corrected chi connectivity index (χ1v) is 7.78. The molecule has 2 unspecified atom stereocenters. The minimum absolute atomic E-state index is 0.114. The number of halogens is 4. The zero-order valence-electron chi connectivity index (χ0n) is 12.3. The zero-order chi connectivity index (χ0) is 15.6. The van der Waals surface area contributed by atoms with Crippen molar-refractivity contribution in [3.8, 4) is 0 Å². The molecule has 0 saturated heterocycles. The summed E-state index contributed by atoms with van der Waals surface area (Å²) in [6.45, 7) is 4.41. The summed E-state index contributed by atoms with van der Waals surface area (Å²) in [6, 6.07) is 3.90. The number of hydrogen-bond donors (Lipinski definition) is 1. The topological polar surface area (TPSA) is 12.0 Å². The molecule has 2 rings (SSSR count). The van der Waals surface area contributed by atoms with Gasteiger partial charge in [0, 0.05) is 16.8 Å². The van der Waals surface area contributed by atoms with Crippen molar-refractivity contribution in [1.82, 2.24) is 0 Å². The van der Waals surface area contributed by atoms with E-state index in [0.29, 0.717) is 17.5 Å². The lowest BCUT2D eigenvalue weighted by Gasteiger charge is -2.32. The Hall–Kier alpha value is -0.900. The van der Waals surface area contributed by atoms with Crippen LogP contribution in [0, 0.1) is 11.8 Å². The van der Waals surface area contributed by atoms with Crippen LogP contribution >= 0.6 is 11.6 Å². The molecule has 1 aliphatic rings. The second-order valence-corrected chi connectivity index (χ2v) is 6.67. The lowest BCUT2D eigenvalue weighted by atomic mass is 9.79. The third-order valence-electron chi connectivity index (χ3n) is 4.25. The number of hydrogen-bond acceptors (Lipinski definition) is 1. The minimum Gasteiger partial charge on any atom is -0.382 e. The Bertz CT molecular complexity index is 485. The molecule has 1 aromatic carbocycles. The van der Waals surface area contributed by atoms with Crippen molar-refractivity contribution in [3.63, 3.8) is 0 Å². The predicted octanol–water partition coefficient (Wildman–Crippen LogP) is 5.99. The van der Waals surface area contributed by atoms with Crippen LogP contribution in [0.1, 0.15) is 45.1 Å². The van der Waals surface area contributed by atoms with Crippen LogP contribution in [0.15, 0.2) is 18.2 Å². The van der Waals surface area contributed by atoms with Crippen LogP contribution in [0.25, 0.3) is 0 Å². The molecule has 1 fully saturated rings.